The molecule has 0 unspecified atom stereocenters. The molecule has 5 aromatic rings. The molecule has 39 heavy (non-hydrogen) atoms. The number of benzene rings is 3. The second kappa shape index (κ2) is 10.2. The number of rotatable bonds is 5. The average Bonchev–Trinajstić information content (AvgIpc) is 3.26. The molecule has 0 spiro atoms. The van der Waals surface area contributed by atoms with Gasteiger partial charge in [0.05, 0.1) is 17.8 Å². The number of hydrogen-bond acceptors (Lipinski definition) is 3. The number of nitriles is 1. The molecule has 0 fully saturated rings. The summed E-state index contributed by atoms with van der Waals surface area (Å²) >= 11 is 12.2. The van der Waals surface area contributed by atoms with Crippen molar-refractivity contribution in [2.45, 2.75) is 12.7 Å². The van der Waals surface area contributed by atoms with Crippen LogP contribution < -0.4 is 10.3 Å². The van der Waals surface area contributed by atoms with Crippen LogP contribution in [0.25, 0.3) is 22.2 Å². The monoisotopic (exact) mass is 567 g/mol. The number of ether oxygens (including phenoxy) is 1. The van der Waals surface area contributed by atoms with Crippen LogP contribution in [0.1, 0.15) is 16.7 Å². The molecule has 0 aliphatic carbocycles. The van der Waals surface area contributed by atoms with Crippen molar-refractivity contribution in [3.8, 4) is 28.8 Å². The van der Waals surface area contributed by atoms with E-state index in [0.717, 1.165) is 21.5 Å². The minimum atomic E-state index is -4.91. The van der Waals surface area contributed by atoms with Gasteiger partial charge in [0.15, 0.2) is 0 Å². The molecule has 5 nitrogen and oxygen atoms in total. The Morgan fingerprint density at radius 1 is 0.949 bits per heavy atom. The third-order valence-corrected chi connectivity index (χ3v) is 6.89. The molecule has 0 N–H and O–H groups in total. The van der Waals surface area contributed by atoms with Crippen LogP contribution in [0.5, 0.6) is 11.5 Å². The fraction of sp³-hybridized carbons (Fsp3) is 0.103. The molecule has 0 aliphatic rings. The Kier molecular flexibility index (Phi) is 6.89. The molecule has 0 saturated heterocycles. The largest absolute Gasteiger partial charge is 0.457 e. The van der Waals surface area contributed by atoms with E-state index in [9.17, 15) is 23.2 Å². The minimum absolute atomic E-state index is 0.0328. The highest BCUT2D eigenvalue weighted by atomic mass is 35.5. The Bertz CT molecular complexity index is 1820. The summed E-state index contributed by atoms with van der Waals surface area (Å²) in [6.45, 7) is -0.174. The van der Waals surface area contributed by atoms with Crippen LogP contribution in [0, 0.1) is 11.3 Å². The lowest BCUT2D eigenvalue weighted by molar-refractivity contribution is -0.137. The number of pyridine rings is 1. The topological polar surface area (TPSA) is 60.0 Å². The second-order valence-electron chi connectivity index (χ2n) is 8.83. The molecule has 0 atom stereocenters. The quantitative estimate of drug-likeness (QED) is 0.216. The van der Waals surface area contributed by atoms with Gasteiger partial charge in [-0.3, -0.25) is 4.79 Å². The SMILES string of the molecule is Cn1ccc2cc(Oc3ccc(-c4cc(C(F)(F)F)c(C#N)c(=O)n4Cc4ccc(Cl)cc4Cl)cc3)ccc21. The van der Waals surface area contributed by atoms with Crippen molar-refractivity contribution in [3.05, 3.63) is 116 Å². The summed E-state index contributed by atoms with van der Waals surface area (Å²) in [5.74, 6) is 1.04. The van der Waals surface area contributed by atoms with Crippen LogP contribution in [0.15, 0.2) is 83.8 Å². The van der Waals surface area contributed by atoms with Crippen molar-refractivity contribution in [1.82, 2.24) is 9.13 Å². The van der Waals surface area contributed by atoms with Gasteiger partial charge in [-0.15, -0.1) is 0 Å². The standard InChI is InChI=1S/C29H18Cl2F3N3O2/c1-36-11-10-18-12-22(8-9-26(18)36)39-21-6-3-17(4-7-21)27-14-24(29(32,33)34)23(15-35)28(38)37(27)16-19-2-5-20(30)13-25(19)31/h2-14H,16H2,1H3. The predicted octanol–water partition coefficient (Wildman–Crippen LogP) is 8.04. The molecule has 5 rings (SSSR count). The molecule has 3 aromatic carbocycles. The van der Waals surface area contributed by atoms with Crippen molar-refractivity contribution < 1.29 is 17.9 Å². The molecule has 2 aromatic heterocycles. The minimum Gasteiger partial charge on any atom is -0.457 e. The average molecular weight is 568 g/mol. The normalized spacial score (nSPS) is 11.5. The lowest BCUT2D eigenvalue weighted by Gasteiger charge is -2.18. The molecular formula is C29H18Cl2F3N3O2. The highest BCUT2D eigenvalue weighted by Gasteiger charge is 2.36. The number of fused-ring (bicyclic) bond motifs is 1. The predicted molar refractivity (Wildman–Crippen MR) is 144 cm³/mol. The fourth-order valence-electron chi connectivity index (χ4n) is 4.35. The van der Waals surface area contributed by atoms with Crippen molar-refractivity contribution >= 4 is 34.1 Å². The van der Waals surface area contributed by atoms with E-state index in [1.54, 1.807) is 36.4 Å². The van der Waals surface area contributed by atoms with E-state index in [1.807, 2.05) is 42.1 Å². The summed E-state index contributed by atoms with van der Waals surface area (Å²) in [5, 5.41) is 11.0. The Balaban J connectivity index is 1.57. The number of halogens is 5. The Hall–Kier alpha value is -4.19. The van der Waals surface area contributed by atoms with Crippen LogP contribution in [0.2, 0.25) is 10.0 Å². The van der Waals surface area contributed by atoms with E-state index in [2.05, 4.69) is 0 Å². The highest BCUT2D eigenvalue weighted by molar-refractivity contribution is 6.35. The summed E-state index contributed by atoms with van der Waals surface area (Å²) in [7, 11) is 1.94. The zero-order chi connectivity index (χ0) is 27.9. The molecular weight excluding hydrogens is 550 g/mol. The molecule has 0 radical (unpaired) electrons. The van der Waals surface area contributed by atoms with Crippen molar-refractivity contribution in [2.24, 2.45) is 7.05 Å². The Labute approximate surface area is 230 Å². The maximum absolute atomic E-state index is 13.8. The number of aromatic nitrogens is 2. The van der Waals surface area contributed by atoms with Crippen LogP contribution in [-0.4, -0.2) is 9.13 Å². The van der Waals surface area contributed by atoms with Crippen LogP contribution in [0.4, 0.5) is 13.2 Å². The van der Waals surface area contributed by atoms with Gasteiger partial charge in [0.2, 0.25) is 0 Å². The summed E-state index contributed by atoms with van der Waals surface area (Å²) < 4.78 is 50.6. The zero-order valence-corrected chi connectivity index (χ0v) is 21.8. The van der Waals surface area contributed by atoms with Gasteiger partial charge in [-0.2, -0.15) is 18.4 Å². The number of nitrogens with zero attached hydrogens (tertiary/aromatic N) is 3. The fourth-order valence-corrected chi connectivity index (χ4v) is 4.82. The summed E-state index contributed by atoms with van der Waals surface area (Å²) in [6.07, 6.45) is -2.97. The molecule has 0 amide bonds. The number of alkyl halides is 3. The van der Waals surface area contributed by atoms with Crippen molar-refractivity contribution in [3.63, 3.8) is 0 Å². The first-order chi connectivity index (χ1) is 18.5. The first-order valence-corrected chi connectivity index (χ1v) is 12.3. The number of hydrogen-bond donors (Lipinski definition) is 0. The van der Waals surface area contributed by atoms with E-state index < -0.39 is 22.9 Å². The maximum atomic E-state index is 13.8. The third kappa shape index (κ3) is 5.24. The zero-order valence-electron chi connectivity index (χ0n) is 20.3. The van der Waals surface area contributed by atoms with E-state index in [0.29, 0.717) is 27.6 Å². The molecule has 0 saturated carbocycles. The van der Waals surface area contributed by atoms with Gasteiger partial charge in [0.25, 0.3) is 5.56 Å². The molecule has 196 valence electrons. The lowest BCUT2D eigenvalue weighted by atomic mass is 10.0. The summed E-state index contributed by atoms with van der Waals surface area (Å²) in [6, 6.07) is 20.7. The van der Waals surface area contributed by atoms with Crippen molar-refractivity contribution in [1.29, 1.82) is 5.26 Å². The first-order valence-electron chi connectivity index (χ1n) is 11.6. The van der Waals surface area contributed by atoms with Gasteiger partial charge in [-0.25, -0.2) is 0 Å². The first kappa shape index (κ1) is 26.4. The molecule has 0 bridgehead atoms. The van der Waals surface area contributed by atoms with Gasteiger partial charge in [0, 0.05) is 34.2 Å². The maximum Gasteiger partial charge on any atom is 0.417 e. The van der Waals surface area contributed by atoms with Gasteiger partial charge in [-0.05, 0) is 77.9 Å². The van der Waals surface area contributed by atoms with Crippen LogP contribution in [-0.2, 0) is 19.8 Å². The van der Waals surface area contributed by atoms with E-state index in [-0.39, 0.29) is 17.3 Å². The van der Waals surface area contributed by atoms with Gasteiger partial charge >= 0.3 is 6.18 Å². The lowest BCUT2D eigenvalue weighted by Crippen LogP contribution is -2.28. The van der Waals surface area contributed by atoms with Crippen LogP contribution >= 0.6 is 23.2 Å². The van der Waals surface area contributed by atoms with Gasteiger partial charge < -0.3 is 13.9 Å². The van der Waals surface area contributed by atoms with Gasteiger partial charge in [-0.1, -0.05) is 29.3 Å². The summed E-state index contributed by atoms with van der Waals surface area (Å²) in [4.78, 5) is 13.2. The molecule has 0 aliphatic heterocycles. The molecule has 10 heteroatoms. The van der Waals surface area contributed by atoms with E-state index in [4.69, 9.17) is 27.9 Å². The third-order valence-electron chi connectivity index (χ3n) is 6.30. The Morgan fingerprint density at radius 3 is 2.33 bits per heavy atom. The summed E-state index contributed by atoms with van der Waals surface area (Å²) in [5.41, 5.74) is -1.60. The van der Waals surface area contributed by atoms with E-state index >= 15 is 0 Å². The van der Waals surface area contributed by atoms with Crippen molar-refractivity contribution in [2.75, 3.05) is 0 Å². The van der Waals surface area contributed by atoms with E-state index in [1.165, 1.54) is 12.1 Å². The smallest absolute Gasteiger partial charge is 0.417 e. The number of aryl methyl sites for hydroxylation is 1. The van der Waals surface area contributed by atoms with Crippen LogP contribution in [0.3, 0.4) is 0 Å². The highest BCUT2D eigenvalue weighted by Crippen LogP contribution is 2.35. The molecule has 2 heterocycles. The Morgan fingerprint density at radius 2 is 1.67 bits per heavy atom. The second-order valence-corrected chi connectivity index (χ2v) is 9.67. The van der Waals surface area contributed by atoms with Gasteiger partial charge in [0.1, 0.15) is 23.1 Å².